The second kappa shape index (κ2) is 11.7. The molecule has 2 aliphatic heterocycles. The molecule has 2 aliphatic rings. The Morgan fingerprint density at radius 2 is 1.67 bits per heavy atom. The minimum atomic E-state index is -5.03. The van der Waals surface area contributed by atoms with E-state index in [4.69, 9.17) is 0 Å². The van der Waals surface area contributed by atoms with Crippen molar-refractivity contribution in [2.45, 2.75) is 38.3 Å². The molecular weight excluding hydrogens is 568 g/mol. The molecule has 226 valence electrons. The van der Waals surface area contributed by atoms with E-state index >= 15 is 8.78 Å². The van der Waals surface area contributed by atoms with Gasteiger partial charge in [0.1, 0.15) is 23.5 Å². The number of carbonyl (C=O) groups excluding carboxylic acids is 2. The molecule has 0 bridgehead atoms. The van der Waals surface area contributed by atoms with E-state index in [0.29, 0.717) is 12.3 Å². The summed E-state index contributed by atoms with van der Waals surface area (Å²) in [5.41, 5.74) is -4.60. The summed E-state index contributed by atoms with van der Waals surface area (Å²) >= 11 is 0. The van der Waals surface area contributed by atoms with Gasteiger partial charge in [0.25, 0.3) is 11.8 Å². The van der Waals surface area contributed by atoms with Crippen molar-refractivity contribution >= 4 is 23.2 Å². The number of dihydropyridines is 1. The molecule has 0 spiro atoms. The third kappa shape index (κ3) is 5.95. The zero-order valence-corrected chi connectivity index (χ0v) is 23.0. The summed E-state index contributed by atoms with van der Waals surface area (Å²) in [6, 6.07) is 3.57. The van der Waals surface area contributed by atoms with Crippen LogP contribution in [0.4, 0.5) is 37.7 Å². The van der Waals surface area contributed by atoms with Crippen LogP contribution in [0.5, 0.6) is 0 Å². The van der Waals surface area contributed by atoms with E-state index in [0.717, 1.165) is 24.3 Å². The standard InChI is InChI=1S/C28H29F6N5O3/c1-13-11-39(12-14(2)38(13)4)21-9-20(30)23(15-5-6-19(29)16(7-15)26(41)35-3)24(31)25(21)37-27(42)17-10-36-22(40)8-18(17)28(32,33)34/h5-10,13-14,22,36,40H,11-12H2,1-4H3,(H,35,41)(H,37,42)/t13-,14+,22?. The van der Waals surface area contributed by atoms with Crippen molar-refractivity contribution in [2.75, 3.05) is 37.4 Å². The lowest BCUT2D eigenvalue weighted by Gasteiger charge is -2.44. The number of alkyl halides is 3. The number of hydrogen-bond donors (Lipinski definition) is 4. The van der Waals surface area contributed by atoms with Gasteiger partial charge in [-0.05, 0) is 44.7 Å². The molecule has 14 heteroatoms. The Labute approximate surface area is 237 Å². The molecule has 1 fully saturated rings. The molecule has 4 N–H and O–H groups in total. The van der Waals surface area contributed by atoms with Gasteiger partial charge in [0.15, 0.2) is 5.82 Å². The number of likely N-dealkylation sites (N-methyl/N-ethyl adjacent to an activating group) is 1. The predicted molar refractivity (Wildman–Crippen MR) is 144 cm³/mol. The van der Waals surface area contributed by atoms with Gasteiger partial charge in [-0.15, -0.1) is 0 Å². The smallest absolute Gasteiger partial charge is 0.370 e. The van der Waals surface area contributed by atoms with Gasteiger partial charge in [-0.25, -0.2) is 13.2 Å². The molecule has 2 aromatic carbocycles. The maximum absolute atomic E-state index is 16.3. The number of hydrogen-bond acceptors (Lipinski definition) is 6. The number of rotatable bonds is 5. The Bertz CT molecular complexity index is 1460. The molecule has 3 atom stereocenters. The van der Waals surface area contributed by atoms with Crippen LogP contribution in [0.25, 0.3) is 11.1 Å². The number of piperazine rings is 1. The van der Waals surface area contributed by atoms with Crippen LogP contribution in [0, 0.1) is 17.5 Å². The third-order valence-corrected chi connectivity index (χ3v) is 7.43. The fourth-order valence-electron chi connectivity index (χ4n) is 4.99. The Morgan fingerprint density at radius 3 is 2.26 bits per heavy atom. The highest BCUT2D eigenvalue weighted by Crippen LogP contribution is 2.41. The van der Waals surface area contributed by atoms with Gasteiger partial charge in [-0.3, -0.25) is 14.5 Å². The highest BCUT2D eigenvalue weighted by Gasteiger charge is 2.41. The molecule has 4 rings (SSSR count). The highest BCUT2D eigenvalue weighted by atomic mass is 19.4. The molecule has 1 saturated heterocycles. The number of aliphatic hydroxyl groups excluding tert-OH is 1. The van der Waals surface area contributed by atoms with Crippen LogP contribution >= 0.6 is 0 Å². The number of carbonyl (C=O) groups is 2. The van der Waals surface area contributed by atoms with Crippen molar-refractivity contribution in [3.63, 3.8) is 0 Å². The molecule has 2 heterocycles. The first kappa shape index (κ1) is 30.9. The number of benzene rings is 2. The van der Waals surface area contributed by atoms with Crippen LogP contribution in [0.2, 0.25) is 0 Å². The van der Waals surface area contributed by atoms with Crippen LogP contribution in [0.1, 0.15) is 24.2 Å². The molecule has 8 nitrogen and oxygen atoms in total. The topological polar surface area (TPSA) is 96.9 Å². The summed E-state index contributed by atoms with van der Waals surface area (Å²) in [5.74, 6) is -5.63. The van der Waals surface area contributed by atoms with Gasteiger partial charge in [-0.1, -0.05) is 6.07 Å². The SMILES string of the molecule is CNC(=O)c1cc(-c2c(F)cc(N3C[C@@H](C)N(C)[C@@H](C)C3)c(NC(=O)C3=CNC(O)C=C3C(F)(F)F)c2F)ccc1F. The number of amides is 2. The summed E-state index contributed by atoms with van der Waals surface area (Å²) in [4.78, 5) is 29.0. The van der Waals surface area contributed by atoms with Crippen molar-refractivity contribution in [1.29, 1.82) is 0 Å². The van der Waals surface area contributed by atoms with Crippen molar-refractivity contribution in [1.82, 2.24) is 15.5 Å². The zero-order chi connectivity index (χ0) is 31.1. The number of halogens is 6. The lowest BCUT2D eigenvalue weighted by atomic mass is 9.98. The quantitative estimate of drug-likeness (QED) is 0.391. The van der Waals surface area contributed by atoms with E-state index < -0.39 is 69.6 Å². The number of nitrogens with zero attached hydrogens (tertiary/aromatic N) is 2. The van der Waals surface area contributed by atoms with Gasteiger partial charge in [0.05, 0.1) is 28.0 Å². The second-order valence-electron chi connectivity index (χ2n) is 10.2. The third-order valence-electron chi connectivity index (χ3n) is 7.43. The van der Waals surface area contributed by atoms with Gasteiger partial charge in [-0.2, -0.15) is 13.2 Å². The second-order valence-corrected chi connectivity index (χ2v) is 10.2. The molecule has 0 aromatic heterocycles. The van der Waals surface area contributed by atoms with Crippen molar-refractivity contribution in [3.05, 3.63) is 70.7 Å². The zero-order valence-electron chi connectivity index (χ0n) is 23.0. The monoisotopic (exact) mass is 597 g/mol. The number of aliphatic hydroxyl groups is 1. The Balaban J connectivity index is 1.87. The van der Waals surface area contributed by atoms with E-state index in [-0.39, 0.29) is 36.4 Å². The van der Waals surface area contributed by atoms with Crippen molar-refractivity contribution in [2.24, 2.45) is 0 Å². The summed E-state index contributed by atoms with van der Waals surface area (Å²) in [6.07, 6.45) is -5.70. The summed E-state index contributed by atoms with van der Waals surface area (Å²) in [6.45, 7) is 4.29. The Hall–Kier alpha value is -4.04. The van der Waals surface area contributed by atoms with E-state index in [2.05, 4.69) is 16.0 Å². The van der Waals surface area contributed by atoms with Crippen LogP contribution < -0.4 is 20.9 Å². The average molecular weight is 598 g/mol. The maximum atomic E-state index is 16.3. The van der Waals surface area contributed by atoms with Gasteiger partial charge in [0, 0.05) is 44.5 Å². The normalized spacial score (nSPS) is 21.3. The van der Waals surface area contributed by atoms with Crippen LogP contribution in [-0.4, -0.2) is 73.5 Å². The van der Waals surface area contributed by atoms with Crippen LogP contribution in [0.3, 0.4) is 0 Å². The van der Waals surface area contributed by atoms with Gasteiger partial charge in [0.2, 0.25) is 0 Å². The highest BCUT2D eigenvalue weighted by molar-refractivity contribution is 6.09. The van der Waals surface area contributed by atoms with E-state index in [9.17, 15) is 32.3 Å². The molecule has 1 unspecified atom stereocenters. The van der Waals surface area contributed by atoms with E-state index in [1.165, 1.54) is 7.05 Å². The van der Waals surface area contributed by atoms with Crippen molar-refractivity contribution < 1.29 is 41.0 Å². The lowest BCUT2D eigenvalue weighted by molar-refractivity contribution is -0.115. The molecular formula is C28H29F6N5O3. The first-order valence-electron chi connectivity index (χ1n) is 12.9. The molecule has 0 radical (unpaired) electrons. The predicted octanol–water partition coefficient (Wildman–Crippen LogP) is 3.89. The molecule has 2 amide bonds. The average Bonchev–Trinajstić information content (AvgIpc) is 2.92. The fourth-order valence-corrected chi connectivity index (χ4v) is 4.99. The van der Waals surface area contributed by atoms with E-state index in [1.807, 2.05) is 25.8 Å². The fraction of sp³-hybridized carbons (Fsp3) is 0.357. The summed E-state index contributed by atoms with van der Waals surface area (Å²) in [7, 11) is 3.12. The molecule has 42 heavy (non-hydrogen) atoms. The van der Waals surface area contributed by atoms with Gasteiger partial charge >= 0.3 is 6.18 Å². The minimum Gasteiger partial charge on any atom is -0.370 e. The Morgan fingerprint density at radius 1 is 1.02 bits per heavy atom. The van der Waals surface area contributed by atoms with E-state index in [1.54, 1.807) is 4.90 Å². The lowest BCUT2D eigenvalue weighted by Crippen LogP contribution is -2.55. The number of nitrogens with one attached hydrogen (secondary N) is 3. The first-order valence-corrected chi connectivity index (χ1v) is 12.9. The molecule has 0 saturated carbocycles. The largest absolute Gasteiger partial charge is 0.417 e. The van der Waals surface area contributed by atoms with Crippen molar-refractivity contribution in [3.8, 4) is 11.1 Å². The minimum absolute atomic E-state index is 0.0955. The summed E-state index contributed by atoms with van der Waals surface area (Å²) < 4.78 is 87.5. The number of anilines is 2. The summed E-state index contributed by atoms with van der Waals surface area (Å²) in [5, 5.41) is 16.2. The van der Waals surface area contributed by atoms with Gasteiger partial charge < -0.3 is 26.0 Å². The van der Waals surface area contributed by atoms with Crippen LogP contribution in [-0.2, 0) is 4.79 Å². The Kier molecular flexibility index (Phi) is 8.60. The maximum Gasteiger partial charge on any atom is 0.417 e. The first-order chi connectivity index (χ1) is 19.6. The molecule has 2 aromatic rings. The van der Waals surface area contributed by atoms with Crippen LogP contribution in [0.15, 0.2) is 47.7 Å². The molecule has 0 aliphatic carbocycles.